The number of aryl methyl sites for hydroxylation is 1. The first kappa shape index (κ1) is 14.9. The van der Waals surface area contributed by atoms with Gasteiger partial charge in [-0.1, -0.05) is 22.8 Å². The number of amides is 1. The highest BCUT2D eigenvalue weighted by Crippen LogP contribution is 2.34. The normalized spacial score (nSPS) is 21.4. The van der Waals surface area contributed by atoms with Gasteiger partial charge in [0, 0.05) is 13.0 Å². The number of carbonyl (C=O) groups is 1. The third kappa shape index (κ3) is 2.57. The average Bonchev–Trinajstić information content (AvgIpc) is 3.04. The Kier molecular flexibility index (Phi) is 3.84. The van der Waals surface area contributed by atoms with Gasteiger partial charge in [-0.2, -0.15) is 4.98 Å². The van der Waals surface area contributed by atoms with Gasteiger partial charge in [0.05, 0.1) is 16.7 Å². The molecule has 2 heterocycles. The van der Waals surface area contributed by atoms with Crippen molar-refractivity contribution >= 4 is 17.5 Å². The summed E-state index contributed by atoms with van der Waals surface area (Å²) in [5.41, 5.74) is -0.223. The third-order valence-corrected chi connectivity index (χ3v) is 3.86. The highest BCUT2D eigenvalue weighted by atomic mass is 35.5. The number of hydrogen-bond donors (Lipinski definition) is 1. The molecule has 0 aliphatic carbocycles. The fourth-order valence-electron chi connectivity index (χ4n) is 2.57. The van der Waals surface area contributed by atoms with Crippen LogP contribution in [0, 0.1) is 12.7 Å². The third-order valence-electron chi connectivity index (χ3n) is 3.54. The predicted octanol–water partition coefficient (Wildman–Crippen LogP) is 2.12. The highest BCUT2D eigenvalue weighted by molar-refractivity contribution is 6.33. The van der Waals surface area contributed by atoms with Gasteiger partial charge in [0.25, 0.3) is 5.91 Å². The summed E-state index contributed by atoms with van der Waals surface area (Å²) in [6.45, 7) is 1.70. The van der Waals surface area contributed by atoms with E-state index in [0.29, 0.717) is 5.82 Å². The summed E-state index contributed by atoms with van der Waals surface area (Å²) in [5.74, 6) is -0.678. The van der Waals surface area contributed by atoms with Crippen molar-refractivity contribution in [3.8, 4) is 0 Å². The maximum Gasteiger partial charge on any atom is 0.259 e. The van der Waals surface area contributed by atoms with Crippen molar-refractivity contribution in [3.63, 3.8) is 0 Å². The smallest absolute Gasteiger partial charge is 0.259 e. The van der Waals surface area contributed by atoms with Gasteiger partial charge in [0.2, 0.25) is 5.89 Å². The summed E-state index contributed by atoms with van der Waals surface area (Å²) in [5, 5.41) is 13.6. The van der Waals surface area contributed by atoms with Crippen LogP contribution in [0.25, 0.3) is 0 Å². The quantitative estimate of drug-likeness (QED) is 0.915. The van der Waals surface area contributed by atoms with Crippen molar-refractivity contribution < 1.29 is 18.8 Å². The van der Waals surface area contributed by atoms with Crippen LogP contribution in [-0.2, 0) is 0 Å². The molecule has 2 atom stereocenters. The molecule has 1 N–H and O–H groups in total. The Labute approximate surface area is 130 Å². The van der Waals surface area contributed by atoms with Crippen LogP contribution < -0.4 is 0 Å². The summed E-state index contributed by atoms with van der Waals surface area (Å²) in [7, 11) is 0. The lowest BCUT2D eigenvalue weighted by molar-refractivity contribution is 0.0689. The van der Waals surface area contributed by atoms with E-state index in [1.165, 1.54) is 17.0 Å². The largest absolute Gasteiger partial charge is 0.391 e. The molecule has 1 aliphatic rings. The van der Waals surface area contributed by atoms with Crippen LogP contribution in [0.4, 0.5) is 4.39 Å². The van der Waals surface area contributed by atoms with Gasteiger partial charge < -0.3 is 14.5 Å². The second-order valence-corrected chi connectivity index (χ2v) is 5.55. The molecule has 1 aliphatic heterocycles. The molecule has 0 spiro atoms. The van der Waals surface area contributed by atoms with Crippen molar-refractivity contribution in [1.29, 1.82) is 0 Å². The van der Waals surface area contributed by atoms with Crippen molar-refractivity contribution in [2.45, 2.75) is 25.5 Å². The molecule has 2 aromatic rings. The van der Waals surface area contributed by atoms with Crippen LogP contribution in [0.5, 0.6) is 0 Å². The minimum atomic E-state index is -0.744. The molecule has 0 unspecified atom stereocenters. The second-order valence-electron chi connectivity index (χ2n) is 5.14. The number of hydrogen-bond acceptors (Lipinski definition) is 5. The first-order valence-electron chi connectivity index (χ1n) is 6.70. The van der Waals surface area contributed by atoms with E-state index >= 15 is 0 Å². The first-order chi connectivity index (χ1) is 10.5. The van der Waals surface area contributed by atoms with Crippen LogP contribution in [0.2, 0.25) is 5.02 Å². The molecular weight excluding hydrogens is 313 g/mol. The monoisotopic (exact) mass is 325 g/mol. The van der Waals surface area contributed by atoms with Crippen molar-refractivity contribution in [3.05, 3.63) is 46.3 Å². The Morgan fingerprint density at radius 2 is 2.32 bits per heavy atom. The minimum absolute atomic E-state index is 0.0202. The first-order valence-corrected chi connectivity index (χ1v) is 7.08. The lowest BCUT2D eigenvalue weighted by Gasteiger charge is -2.22. The molecule has 1 aromatic heterocycles. The molecule has 116 valence electrons. The van der Waals surface area contributed by atoms with Crippen molar-refractivity contribution in [2.24, 2.45) is 0 Å². The highest BCUT2D eigenvalue weighted by Gasteiger charge is 2.40. The topological polar surface area (TPSA) is 79.5 Å². The number of carbonyl (C=O) groups excluding carboxylic acids is 1. The van der Waals surface area contributed by atoms with Gasteiger partial charge >= 0.3 is 0 Å². The molecule has 6 nitrogen and oxygen atoms in total. The Balaban J connectivity index is 1.96. The fraction of sp³-hybridized carbons (Fsp3) is 0.357. The zero-order chi connectivity index (χ0) is 15.9. The van der Waals surface area contributed by atoms with E-state index in [4.69, 9.17) is 16.1 Å². The summed E-state index contributed by atoms with van der Waals surface area (Å²) >= 11 is 5.94. The number of β-amino-alcohol motifs (C(OH)–C–C–N with tert-alkyl or cyclic N) is 1. The number of aliphatic hydroxyl groups excluding tert-OH is 1. The van der Waals surface area contributed by atoms with E-state index in [0.717, 1.165) is 6.07 Å². The predicted molar refractivity (Wildman–Crippen MR) is 74.8 cm³/mol. The van der Waals surface area contributed by atoms with Gasteiger partial charge in [-0.25, -0.2) is 4.39 Å². The van der Waals surface area contributed by atoms with Crippen LogP contribution in [0.15, 0.2) is 22.7 Å². The maximum absolute atomic E-state index is 13.9. The van der Waals surface area contributed by atoms with Crippen LogP contribution in [-0.4, -0.2) is 38.7 Å². The van der Waals surface area contributed by atoms with E-state index in [2.05, 4.69) is 10.1 Å². The molecule has 3 rings (SSSR count). The van der Waals surface area contributed by atoms with E-state index in [9.17, 15) is 14.3 Å². The number of benzene rings is 1. The molecular formula is C14H13ClFN3O3. The molecule has 22 heavy (non-hydrogen) atoms. The van der Waals surface area contributed by atoms with Crippen LogP contribution >= 0.6 is 11.6 Å². The minimum Gasteiger partial charge on any atom is -0.391 e. The zero-order valence-corrected chi connectivity index (χ0v) is 12.4. The zero-order valence-electron chi connectivity index (χ0n) is 11.7. The lowest BCUT2D eigenvalue weighted by atomic mass is 10.1. The summed E-state index contributed by atoms with van der Waals surface area (Å²) < 4.78 is 19.0. The summed E-state index contributed by atoms with van der Waals surface area (Å²) in [6.07, 6.45) is -0.494. The maximum atomic E-state index is 13.9. The Morgan fingerprint density at radius 3 is 2.95 bits per heavy atom. The van der Waals surface area contributed by atoms with E-state index < -0.39 is 23.9 Å². The number of likely N-dealkylation sites (tertiary alicyclic amines) is 1. The molecule has 8 heteroatoms. The SMILES string of the molecule is Cc1noc([C@H]2C[C@H](O)CN2C(=O)c2c(F)cccc2Cl)n1. The molecule has 0 saturated carbocycles. The number of halogens is 2. The number of nitrogens with zero attached hydrogens (tertiary/aromatic N) is 3. The van der Waals surface area contributed by atoms with Crippen LogP contribution in [0.3, 0.4) is 0 Å². The van der Waals surface area contributed by atoms with Gasteiger partial charge in [-0.3, -0.25) is 4.79 Å². The van der Waals surface area contributed by atoms with Gasteiger partial charge in [0.1, 0.15) is 11.9 Å². The van der Waals surface area contributed by atoms with E-state index in [-0.39, 0.29) is 29.4 Å². The molecule has 0 bridgehead atoms. The Hall–Kier alpha value is -1.99. The lowest BCUT2D eigenvalue weighted by Crippen LogP contribution is -2.32. The number of rotatable bonds is 2. The van der Waals surface area contributed by atoms with E-state index in [1.54, 1.807) is 6.92 Å². The molecule has 1 amide bonds. The average molecular weight is 326 g/mol. The summed E-state index contributed by atoms with van der Waals surface area (Å²) in [4.78, 5) is 18.0. The molecule has 0 radical (unpaired) electrons. The van der Waals surface area contributed by atoms with Gasteiger partial charge in [0.15, 0.2) is 5.82 Å². The standard InChI is InChI=1S/C14H13ClFN3O3/c1-7-17-13(22-18-7)11-5-8(20)6-19(11)14(21)12-9(15)3-2-4-10(12)16/h2-4,8,11,20H,5-6H2,1H3/t8-,11+/m0/s1. The van der Waals surface area contributed by atoms with Crippen LogP contribution in [0.1, 0.15) is 34.5 Å². The Bertz CT molecular complexity index is 701. The molecule has 1 aromatic carbocycles. The van der Waals surface area contributed by atoms with Gasteiger partial charge in [-0.15, -0.1) is 0 Å². The Morgan fingerprint density at radius 1 is 1.55 bits per heavy atom. The second kappa shape index (κ2) is 5.66. The number of aromatic nitrogens is 2. The summed E-state index contributed by atoms with van der Waals surface area (Å²) in [6, 6.07) is 3.43. The molecule has 1 fully saturated rings. The van der Waals surface area contributed by atoms with E-state index in [1.807, 2.05) is 0 Å². The van der Waals surface area contributed by atoms with Gasteiger partial charge in [-0.05, 0) is 19.1 Å². The molecule has 1 saturated heterocycles. The van der Waals surface area contributed by atoms with Crippen molar-refractivity contribution in [1.82, 2.24) is 15.0 Å². The number of aliphatic hydroxyl groups is 1. The van der Waals surface area contributed by atoms with Crippen molar-refractivity contribution in [2.75, 3.05) is 6.54 Å². The fourth-order valence-corrected chi connectivity index (χ4v) is 2.81.